The van der Waals surface area contributed by atoms with Gasteiger partial charge < -0.3 is 10.2 Å². The average Bonchev–Trinajstić information content (AvgIpc) is 3.23. The maximum atomic E-state index is 13.1. The lowest BCUT2D eigenvalue weighted by atomic mass is 10.3. The van der Waals surface area contributed by atoms with Crippen LogP contribution in [0.25, 0.3) is 11.0 Å². The summed E-state index contributed by atoms with van der Waals surface area (Å²) in [4.78, 5) is 14.5. The summed E-state index contributed by atoms with van der Waals surface area (Å²) in [5, 5.41) is 3.30. The highest BCUT2D eigenvalue weighted by Gasteiger charge is 2.30. The number of carbonyl (C=O) groups is 1. The van der Waals surface area contributed by atoms with Crippen LogP contribution < -0.4 is 5.32 Å². The first-order chi connectivity index (χ1) is 14.4. The number of benzene rings is 2. The highest BCUT2D eigenvalue weighted by Crippen LogP contribution is 2.25. The van der Waals surface area contributed by atoms with Gasteiger partial charge in [-0.05, 0) is 24.3 Å². The fourth-order valence-corrected chi connectivity index (χ4v) is 5.71. The van der Waals surface area contributed by atoms with E-state index in [-0.39, 0.29) is 10.8 Å². The third-order valence-electron chi connectivity index (χ3n) is 5.00. The number of amides is 1. The number of para-hydroxylation sites is 1. The summed E-state index contributed by atoms with van der Waals surface area (Å²) >= 11 is 7.06. The van der Waals surface area contributed by atoms with E-state index in [0.717, 1.165) is 11.7 Å². The molecule has 0 unspecified atom stereocenters. The number of aromatic nitrogens is 2. The maximum absolute atomic E-state index is 13.1. The quantitative estimate of drug-likeness (QED) is 0.601. The summed E-state index contributed by atoms with van der Waals surface area (Å²) in [5.41, 5.74) is 1.59. The second-order valence-corrected chi connectivity index (χ2v) is 9.75. The van der Waals surface area contributed by atoms with Gasteiger partial charge in [-0.3, -0.25) is 4.79 Å². The van der Waals surface area contributed by atoms with Crippen LogP contribution in [0.4, 0.5) is 5.69 Å². The number of halogens is 1. The number of hydrogen-bond acceptors (Lipinski definition) is 7. The zero-order chi connectivity index (χ0) is 21.1. The van der Waals surface area contributed by atoms with Crippen LogP contribution in [-0.4, -0.2) is 65.0 Å². The standard InChI is InChI=1S/C19H20ClN5O3S2/c20-14-4-1-2-5-15(14)21-18(26)8-9-24-10-12-25(13-11-24)30(27,28)17-7-3-6-16-19(17)23-29-22-16/h1-7H,8-13H2,(H,21,26). The Morgan fingerprint density at radius 2 is 1.83 bits per heavy atom. The molecule has 0 radical (unpaired) electrons. The number of carbonyl (C=O) groups excluding carboxylic acids is 1. The highest BCUT2D eigenvalue weighted by molar-refractivity contribution is 7.89. The molecule has 30 heavy (non-hydrogen) atoms. The lowest BCUT2D eigenvalue weighted by Crippen LogP contribution is -2.49. The van der Waals surface area contributed by atoms with Crippen LogP contribution in [0.1, 0.15) is 6.42 Å². The molecule has 3 aromatic rings. The third-order valence-corrected chi connectivity index (χ3v) is 7.80. The predicted molar refractivity (Wildman–Crippen MR) is 117 cm³/mol. The van der Waals surface area contributed by atoms with E-state index in [1.54, 1.807) is 36.4 Å². The summed E-state index contributed by atoms with van der Waals surface area (Å²) < 4.78 is 35.9. The fourth-order valence-electron chi connectivity index (χ4n) is 3.36. The van der Waals surface area contributed by atoms with E-state index in [2.05, 4.69) is 19.0 Å². The Labute approximate surface area is 183 Å². The Balaban J connectivity index is 1.32. The van der Waals surface area contributed by atoms with E-state index < -0.39 is 10.0 Å². The molecule has 8 nitrogen and oxygen atoms in total. The van der Waals surface area contributed by atoms with E-state index in [4.69, 9.17) is 11.6 Å². The molecular formula is C19H20ClN5O3S2. The van der Waals surface area contributed by atoms with Gasteiger partial charge in [0.2, 0.25) is 15.9 Å². The second kappa shape index (κ2) is 8.94. The summed E-state index contributed by atoms with van der Waals surface area (Å²) in [6.07, 6.45) is 0.307. The molecule has 0 bridgehead atoms. The Hall–Kier alpha value is -2.11. The predicted octanol–water partition coefficient (Wildman–Crippen LogP) is 2.68. The van der Waals surface area contributed by atoms with E-state index in [1.165, 1.54) is 4.31 Å². The molecule has 4 rings (SSSR count). The number of nitrogens with one attached hydrogen (secondary N) is 1. The molecule has 11 heteroatoms. The molecule has 2 aromatic carbocycles. The van der Waals surface area contributed by atoms with Gasteiger partial charge in [0.15, 0.2) is 0 Å². The molecule has 1 fully saturated rings. The summed E-state index contributed by atoms with van der Waals surface area (Å²) in [6, 6.07) is 12.1. The first-order valence-corrected chi connectivity index (χ1v) is 12.0. The molecule has 1 aliphatic heterocycles. The number of nitrogens with zero attached hydrogens (tertiary/aromatic N) is 4. The number of piperazine rings is 1. The molecule has 1 amide bonds. The molecule has 158 valence electrons. The molecule has 1 saturated heterocycles. The lowest BCUT2D eigenvalue weighted by Gasteiger charge is -2.33. The van der Waals surface area contributed by atoms with E-state index >= 15 is 0 Å². The molecule has 0 saturated carbocycles. The first kappa shape index (κ1) is 21.1. The van der Waals surface area contributed by atoms with Crippen molar-refractivity contribution in [3.05, 3.63) is 47.5 Å². The Kier molecular flexibility index (Phi) is 6.30. The van der Waals surface area contributed by atoms with Crippen molar-refractivity contribution in [2.75, 3.05) is 38.0 Å². The lowest BCUT2D eigenvalue weighted by molar-refractivity contribution is -0.116. The van der Waals surface area contributed by atoms with Crippen molar-refractivity contribution in [3.63, 3.8) is 0 Å². The van der Waals surface area contributed by atoms with Gasteiger partial charge in [-0.1, -0.05) is 29.8 Å². The van der Waals surface area contributed by atoms with Gasteiger partial charge in [0.05, 0.1) is 22.4 Å². The van der Waals surface area contributed by atoms with Crippen LogP contribution in [0.2, 0.25) is 5.02 Å². The number of fused-ring (bicyclic) bond motifs is 1. The molecule has 2 heterocycles. The van der Waals surface area contributed by atoms with E-state index in [0.29, 0.717) is 60.9 Å². The van der Waals surface area contributed by atoms with Crippen molar-refractivity contribution >= 4 is 56.0 Å². The fraction of sp³-hybridized carbons (Fsp3) is 0.316. The molecule has 0 aliphatic carbocycles. The Morgan fingerprint density at radius 3 is 2.60 bits per heavy atom. The van der Waals surface area contributed by atoms with Gasteiger partial charge >= 0.3 is 0 Å². The zero-order valence-corrected chi connectivity index (χ0v) is 18.4. The average molecular weight is 466 g/mol. The monoisotopic (exact) mass is 465 g/mol. The van der Waals surface area contributed by atoms with E-state index in [9.17, 15) is 13.2 Å². The minimum absolute atomic E-state index is 0.124. The van der Waals surface area contributed by atoms with Crippen molar-refractivity contribution in [1.29, 1.82) is 0 Å². The minimum Gasteiger partial charge on any atom is -0.325 e. The van der Waals surface area contributed by atoms with Crippen molar-refractivity contribution in [1.82, 2.24) is 18.0 Å². The van der Waals surface area contributed by atoms with Gasteiger partial charge in [-0.2, -0.15) is 13.1 Å². The second-order valence-electron chi connectivity index (χ2n) is 6.91. The van der Waals surface area contributed by atoms with Gasteiger partial charge in [0.25, 0.3) is 0 Å². The Morgan fingerprint density at radius 1 is 1.07 bits per heavy atom. The number of rotatable bonds is 6. The maximum Gasteiger partial charge on any atom is 0.245 e. The number of anilines is 1. The molecule has 0 atom stereocenters. The van der Waals surface area contributed by atoms with Crippen molar-refractivity contribution < 1.29 is 13.2 Å². The van der Waals surface area contributed by atoms with Crippen LogP contribution in [0.3, 0.4) is 0 Å². The van der Waals surface area contributed by atoms with Gasteiger partial charge in [0, 0.05) is 39.1 Å². The first-order valence-electron chi connectivity index (χ1n) is 9.43. The minimum atomic E-state index is -3.64. The summed E-state index contributed by atoms with van der Waals surface area (Å²) in [7, 11) is -3.64. The largest absolute Gasteiger partial charge is 0.325 e. The summed E-state index contributed by atoms with van der Waals surface area (Å²) in [5.74, 6) is -0.124. The molecular weight excluding hydrogens is 446 g/mol. The molecule has 1 aromatic heterocycles. The third kappa shape index (κ3) is 4.47. The van der Waals surface area contributed by atoms with Gasteiger partial charge in [-0.25, -0.2) is 8.42 Å². The van der Waals surface area contributed by atoms with Crippen molar-refractivity contribution in [3.8, 4) is 0 Å². The molecule has 1 N–H and O–H groups in total. The molecule has 1 aliphatic rings. The van der Waals surface area contributed by atoms with Crippen molar-refractivity contribution in [2.24, 2.45) is 0 Å². The smallest absolute Gasteiger partial charge is 0.245 e. The summed E-state index contributed by atoms with van der Waals surface area (Å²) in [6.45, 7) is 2.40. The molecule has 0 spiro atoms. The van der Waals surface area contributed by atoms with Crippen LogP contribution >= 0.6 is 23.3 Å². The van der Waals surface area contributed by atoms with Gasteiger partial charge in [-0.15, -0.1) is 0 Å². The van der Waals surface area contributed by atoms with Gasteiger partial charge in [0.1, 0.15) is 15.9 Å². The van der Waals surface area contributed by atoms with E-state index in [1.807, 2.05) is 6.07 Å². The normalized spacial score (nSPS) is 16.0. The SMILES string of the molecule is O=C(CCN1CCN(S(=O)(=O)c2cccc3nsnc23)CC1)Nc1ccccc1Cl. The van der Waals surface area contributed by atoms with Crippen LogP contribution in [0.5, 0.6) is 0 Å². The zero-order valence-electron chi connectivity index (χ0n) is 16.0. The highest BCUT2D eigenvalue weighted by atomic mass is 35.5. The number of hydrogen-bond donors (Lipinski definition) is 1. The van der Waals surface area contributed by atoms with Crippen LogP contribution in [0.15, 0.2) is 47.4 Å². The Bertz CT molecular complexity index is 1160. The van der Waals surface area contributed by atoms with Crippen LogP contribution in [-0.2, 0) is 14.8 Å². The number of sulfonamides is 1. The van der Waals surface area contributed by atoms with Crippen LogP contribution in [0, 0.1) is 0 Å². The topological polar surface area (TPSA) is 95.5 Å². The van der Waals surface area contributed by atoms with Crippen molar-refractivity contribution in [2.45, 2.75) is 11.3 Å².